The number of methoxy groups -OCH3 is 1. The van der Waals surface area contributed by atoms with Crippen molar-refractivity contribution < 1.29 is 14.3 Å². The summed E-state index contributed by atoms with van der Waals surface area (Å²) in [5, 5.41) is 15.5. The summed E-state index contributed by atoms with van der Waals surface area (Å²) in [6.45, 7) is 1.59. The molecule has 0 aliphatic heterocycles. The predicted molar refractivity (Wildman–Crippen MR) is 108 cm³/mol. The third kappa shape index (κ3) is 5.00. The molecule has 11 nitrogen and oxygen atoms in total. The van der Waals surface area contributed by atoms with Gasteiger partial charge >= 0.3 is 6.09 Å². The highest BCUT2D eigenvalue weighted by Gasteiger charge is 2.15. The highest BCUT2D eigenvalue weighted by molar-refractivity contribution is 6.31. The number of halogens is 1. The molecule has 0 aliphatic carbocycles. The number of carbonyl (C=O) groups excluding carboxylic acids is 2. The second-order valence-electron chi connectivity index (χ2n) is 6.16. The molecule has 3 rings (SSSR count). The molecule has 0 saturated carbocycles. The summed E-state index contributed by atoms with van der Waals surface area (Å²) in [6.07, 6.45) is 0.799. The molecule has 3 N–H and O–H groups in total. The van der Waals surface area contributed by atoms with E-state index in [0.717, 1.165) is 0 Å². The minimum Gasteiger partial charge on any atom is -0.453 e. The van der Waals surface area contributed by atoms with Crippen LogP contribution in [0, 0.1) is 6.92 Å². The van der Waals surface area contributed by atoms with Gasteiger partial charge in [-0.05, 0) is 25.1 Å². The lowest BCUT2D eigenvalue weighted by Gasteiger charge is -2.13. The van der Waals surface area contributed by atoms with Gasteiger partial charge in [-0.2, -0.15) is 15.4 Å². The minimum atomic E-state index is -0.688. The van der Waals surface area contributed by atoms with Gasteiger partial charge in [-0.3, -0.25) is 19.5 Å². The van der Waals surface area contributed by atoms with Crippen molar-refractivity contribution in [3.8, 4) is 11.3 Å². The van der Waals surface area contributed by atoms with Crippen molar-refractivity contribution in [2.24, 2.45) is 0 Å². The molecule has 2 heterocycles. The lowest BCUT2D eigenvalue weighted by Crippen LogP contribution is -2.33. The highest BCUT2D eigenvalue weighted by atomic mass is 35.5. The number of hydrogen-bond donors (Lipinski definition) is 3. The molecule has 0 atom stereocenters. The van der Waals surface area contributed by atoms with Crippen LogP contribution >= 0.6 is 11.6 Å². The Morgan fingerprint density at radius 1 is 1.30 bits per heavy atom. The lowest BCUT2D eigenvalue weighted by molar-refractivity contribution is -0.121. The van der Waals surface area contributed by atoms with Crippen LogP contribution in [0.25, 0.3) is 11.3 Å². The van der Waals surface area contributed by atoms with Gasteiger partial charge in [0.1, 0.15) is 18.1 Å². The number of nitrogens with zero attached hydrogens (tertiary/aromatic N) is 4. The normalized spacial score (nSPS) is 10.5. The summed E-state index contributed by atoms with van der Waals surface area (Å²) in [5.74, 6) is -0.0506. The molecule has 0 saturated heterocycles. The van der Waals surface area contributed by atoms with Crippen LogP contribution in [0.3, 0.4) is 0 Å². The Bertz CT molecular complexity index is 1130. The second-order valence-corrected chi connectivity index (χ2v) is 6.59. The van der Waals surface area contributed by atoms with E-state index in [4.69, 9.17) is 11.6 Å². The first-order chi connectivity index (χ1) is 14.4. The molecule has 2 aromatic heterocycles. The van der Waals surface area contributed by atoms with E-state index in [0.29, 0.717) is 33.5 Å². The van der Waals surface area contributed by atoms with Crippen molar-refractivity contribution in [1.29, 1.82) is 0 Å². The van der Waals surface area contributed by atoms with E-state index in [1.54, 1.807) is 19.1 Å². The molecule has 3 aromatic rings. The number of aryl methyl sites for hydroxylation is 1. The molecule has 1 aromatic carbocycles. The van der Waals surface area contributed by atoms with Gasteiger partial charge < -0.3 is 10.1 Å². The fraction of sp³-hybridized carbons (Fsp3) is 0.222. The zero-order valence-corrected chi connectivity index (χ0v) is 16.9. The van der Waals surface area contributed by atoms with Crippen molar-refractivity contribution in [1.82, 2.24) is 30.3 Å². The summed E-state index contributed by atoms with van der Waals surface area (Å²) >= 11 is 6.01. The number of ether oxygens (including phenoxy) is 1. The third-order valence-corrected chi connectivity index (χ3v) is 4.35. The van der Waals surface area contributed by atoms with Crippen LogP contribution in [0.15, 0.2) is 35.3 Å². The van der Waals surface area contributed by atoms with Crippen LogP contribution in [0.2, 0.25) is 5.02 Å². The molecule has 12 heteroatoms. The number of anilines is 1. The van der Waals surface area contributed by atoms with E-state index < -0.39 is 11.7 Å². The van der Waals surface area contributed by atoms with Crippen LogP contribution in [0.4, 0.5) is 10.5 Å². The number of benzene rings is 1. The average Bonchev–Trinajstić information content (AvgIpc) is 3.22. The Labute approximate surface area is 175 Å². The second kappa shape index (κ2) is 9.18. The number of carbonyl (C=O) groups is 2. The highest BCUT2D eigenvalue weighted by Crippen LogP contribution is 2.29. The van der Waals surface area contributed by atoms with Gasteiger partial charge in [0, 0.05) is 16.7 Å². The molecule has 0 aliphatic rings. The van der Waals surface area contributed by atoms with Crippen LogP contribution < -0.4 is 16.2 Å². The minimum absolute atomic E-state index is 0.183. The maximum absolute atomic E-state index is 12.6. The van der Waals surface area contributed by atoms with Gasteiger partial charge in [-0.15, -0.1) is 0 Å². The van der Waals surface area contributed by atoms with Crippen molar-refractivity contribution in [2.75, 3.05) is 12.4 Å². The zero-order chi connectivity index (χ0) is 21.7. The Morgan fingerprint density at radius 2 is 2.10 bits per heavy atom. The van der Waals surface area contributed by atoms with E-state index in [9.17, 15) is 14.4 Å². The van der Waals surface area contributed by atoms with E-state index in [2.05, 4.69) is 35.8 Å². The van der Waals surface area contributed by atoms with Crippen molar-refractivity contribution in [2.45, 2.75) is 20.0 Å². The number of aromatic amines is 1. The number of rotatable bonds is 6. The lowest BCUT2D eigenvalue weighted by atomic mass is 10.1. The molecule has 30 heavy (non-hydrogen) atoms. The summed E-state index contributed by atoms with van der Waals surface area (Å²) in [6, 6.07) is 6.04. The first-order valence-corrected chi connectivity index (χ1v) is 9.10. The molecule has 2 amide bonds. The maximum Gasteiger partial charge on any atom is 0.411 e. The van der Waals surface area contributed by atoms with Crippen LogP contribution in [-0.2, 0) is 22.6 Å². The molecule has 0 unspecified atom stereocenters. The molecule has 0 bridgehead atoms. The number of H-pyrrole nitrogens is 1. The number of hydrogen-bond acceptors (Lipinski definition) is 7. The summed E-state index contributed by atoms with van der Waals surface area (Å²) in [5.41, 5.74) is 1.28. The molecule has 156 valence electrons. The smallest absolute Gasteiger partial charge is 0.411 e. The monoisotopic (exact) mass is 431 g/mol. The Hall–Kier alpha value is -3.73. The fourth-order valence-corrected chi connectivity index (χ4v) is 2.83. The third-order valence-electron chi connectivity index (χ3n) is 4.11. The number of nitrogens with one attached hydrogen (secondary N) is 3. The average molecular weight is 432 g/mol. The van der Waals surface area contributed by atoms with Gasteiger partial charge in [0.2, 0.25) is 5.91 Å². The van der Waals surface area contributed by atoms with E-state index in [1.165, 1.54) is 30.0 Å². The van der Waals surface area contributed by atoms with Crippen LogP contribution in [0.5, 0.6) is 0 Å². The van der Waals surface area contributed by atoms with Gasteiger partial charge in [-0.1, -0.05) is 11.6 Å². The SMILES string of the molecule is COC(=O)Nc1cc(Cl)ccc1-c1cc(=O)n(CC(=O)NCc2cn[nH]n2)c(C)n1. The largest absolute Gasteiger partial charge is 0.453 e. The zero-order valence-electron chi connectivity index (χ0n) is 16.1. The Kier molecular flexibility index (Phi) is 6.42. The first-order valence-electron chi connectivity index (χ1n) is 8.72. The maximum atomic E-state index is 12.6. The predicted octanol–water partition coefficient (Wildman–Crippen LogP) is 1.48. The fourth-order valence-electron chi connectivity index (χ4n) is 2.66. The van der Waals surface area contributed by atoms with Crippen molar-refractivity contribution in [3.63, 3.8) is 0 Å². The molecular weight excluding hydrogens is 414 g/mol. The van der Waals surface area contributed by atoms with Gasteiger partial charge in [-0.25, -0.2) is 9.78 Å². The standard InChI is InChI=1S/C18H18ClN7O4/c1-10-22-15(13-4-3-11(19)5-14(13)23-18(29)30-2)6-17(28)26(10)9-16(27)20-7-12-8-21-25-24-12/h3-6,8H,7,9H2,1-2H3,(H,20,27)(H,23,29)(H,21,24,25). The topological polar surface area (TPSA) is 144 Å². The molecule has 0 spiro atoms. The van der Waals surface area contributed by atoms with Crippen LogP contribution in [0.1, 0.15) is 11.5 Å². The van der Waals surface area contributed by atoms with Gasteiger partial charge in [0.15, 0.2) is 0 Å². The van der Waals surface area contributed by atoms with E-state index in [1.807, 2.05) is 0 Å². The van der Waals surface area contributed by atoms with Crippen molar-refractivity contribution in [3.05, 3.63) is 57.4 Å². The van der Waals surface area contributed by atoms with Gasteiger partial charge in [0.05, 0.1) is 31.2 Å². The van der Waals surface area contributed by atoms with E-state index >= 15 is 0 Å². The summed E-state index contributed by atoms with van der Waals surface area (Å²) < 4.78 is 5.85. The van der Waals surface area contributed by atoms with E-state index in [-0.39, 0.29) is 19.0 Å². The summed E-state index contributed by atoms with van der Waals surface area (Å²) in [4.78, 5) is 40.8. The van der Waals surface area contributed by atoms with Crippen LogP contribution in [-0.4, -0.2) is 44.1 Å². The van der Waals surface area contributed by atoms with Gasteiger partial charge in [0.25, 0.3) is 5.56 Å². The molecular formula is C18H18ClN7O4. The number of amides is 2. The van der Waals surface area contributed by atoms with Crippen molar-refractivity contribution >= 4 is 29.3 Å². The molecule has 0 fully saturated rings. The summed E-state index contributed by atoms with van der Waals surface area (Å²) in [7, 11) is 1.23. The molecule has 0 radical (unpaired) electrons. The number of aromatic nitrogens is 5. The Balaban J connectivity index is 1.83. The quantitative estimate of drug-likeness (QED) is 0.536. The Morgan fingerprint density at radius 3 is 2.77 bits per heavy atom. The first kappa shape index (κ1) is 21.0.